The van der Waals surface area contributed by atoms with E-state index in [1.54, 1.807) is 11.1 Å². The minimum atomic E-state index is -0.0988. The Morgan fingerprint density at radius 2 is 2.12 bits per heavy atom. The maximum absolute atomic E-state index is 12.8. The molecule has 0 unspecified atom stereocenters. The Morgan fingerprint density at radius 1 is 1.38 bits per heavy atom. The van der Waals surface area contributed by atoms with Gasteiger partial charge in [0, 0.05) is 12.2 Å². The zero-order valence-electron chi connectivity index (χ0n) is 14.1. The predicted octanol–water partition coefficient (Wildman–Crippen LogP) is 2.60. The fourth-order valence-electron chi connectivity index (χ4n) is 3.00. The number of carbonyl (C=O) groups is 1. The van der Waals surface area contributed by atoms with Crippen molar-refractivity contribution in [3.8, 4) is 0 Å². The number of rotatable bonds is 4. The van der Waals surface area contributed by atoms with Gasteiger partial charge >= 0.3 is 0 Å². The normalized spacial score (nSPS) is 14.9. The predicted molar refractivity (Wildman–Crippen MR) is 96.9 cm³/mol. The van der Waals surface area contributed by atoms with E-state index in [4.69, 9.17) is 0 Å². The molecule has 24 heavy (non-hydrogen) atoms. The minimum absolute atomic E-state index is 0. The van der Waals surface area contributed by atoms with Crippen LogP contribution in [0.5, 0.6) is 0 Å². The summed E-state index contributed by atoms with van der Waals surface area (Å²) in [5.41, 5.74) is 2.44. The van der Waals surface area contributed by atoms with E-state index in [0.29, 0.717) is 18.3 Å². The third-order valence-electron chi connectivity index (χ3n) is 4.29. The molecule has 2 aromatic rings. The highest BCUT2D eigenvalue weighted by Crippen LogP contribution is 2.20. The van der Waals surface area contributed by atoms with Gasteiger partial charge in [-0.3, -0.25) is 4.79 Å². The van der Waals surface area contributed by atoms with Crippen molar-refractivity contribution in [1.82, 2.24) is 20.3 Å². The second-order valence-corrected chi connectivity index (χ2v) is 5.95. The highest BCUT2D eigenvalue weighted by molar-refractivity contribution is 6.04. The fraction of sp³-hybridized carbons (Fsp3) is 0.471. The number of nitrogens with one attached hydrogen (secondary N) is 1. The summed E-state index contributed by atoms with van der Waals surface area (Å²) in [5, 5.41) is 11.6. The largest absolute Gasteiger partial charge is 0.317 e. The zero-order chi connectivity index (χ0) is 16.2. The molecule has 0 spiro atoms. The van der Waals surface area contributed by atoms with Gasteiger partial charge in [-0.1, -0.05) is 17.3 Å². The molecule has 1 aliphatic heterocycles. The van der Waals surface area contributed by atoms with E-state index in [2.05, 4.69) is 15.6 Å². The molecular weight excluding hydrogens is 326 g/mol. The van der Waals surface area contributed by atoms with Crippen LogP contribution in [0.3, 0.4) is 0 Å². The van der Waals surface area contributed by atoms with Crippen LogP contribution in [0.4, 0.5) is 5.69 Å². The van der Waals surface area contributed by atoms with Gasteiger partial charge in [-0.2, -0.15) is 0 Å². The molecule has 0 aliphatic carbocycles. The summed E-state index contributed by atoms with van der Waals surface area (Å²) >= 11 is 0. The Morgan fingerprint density at radius 3 is 2.79 bits per heavy atom. The van der Waals surface area contributed by atoms with Crippen molar-refractivity contribution in [3.05, 3.63) is 41.7 Å². The Kier molecular flexibility index (Phi) is 6.34. The molecule has 130 valence electrons. The topological polar surface area (TPSA) is 63.1 Å². The third kappa shape index (κ3) is 3.94. The van der Waals surface area contributed by atoms with Gasteiger partial charge in [0.1, 0.15) is 0 Å². The highest BCUT2D eigenvalue weighted by atomic mass is 35.5. The first-order valence-electron chi connectivity index (χ1n) is 8.20. The molecule has 0 bridgehead atoms. The van der Waals surface area contributed by atoms with Gasteiger partial charge in [-0.15, -0.1) is 17.5 Å². The molecule has 0 radical (unpaired) electrons. The molecule has 7 heteroatoms. The van der Waals surface area contributed by atoms with Crippen molar-refractivity contribution >= 4 is 24.0 Å². The summed E-state index contributed by atoms with van der Waals surface area (Å²) < 4.78 is 1.85. The van der Waals surface area contributed by atoms with Crippen LogP contribution >= 0.6 is 12.4 Å². The monoisotopic (exact) mass is 349 g/mol. The lowest BCUT2D eigenvalue weighted by atomic mass is 10.1. The van der Waals surface area contributed by atoms with Gasteiger partial charge < -0.3 is 10.2 Å². The van der Waals surface area contributed by atoms with Crippen molar-refractivity contribution in [2.45, 2.75) is 32.7 Å². The second-order valence-electron chi connectivity index (χ2n) is 5.95. The summed E-state index contributed by atoms with van der Waals surface area (Å²) in [7, 11) is 0. The second kappa shape index (κ2) is 8.26. The van der Waals surface area contributed by atoms with E-state index in [1.165, 1.54) is 0 Å². The molecule has 1 fully saturated rings. The molecule has 2 heterocycles. The number of aromatic nitrogens is 3. The maximum Gasteiger partial charge on any atom is 0.280 e. The lowest BCUT2D eigenvalue weighted by molar-refractivity contribution is 0.0983. The van der Waals surface area contributed by atoms with Crippen LogP contribution in [-0.4, -0.2) is 40.5 Å². The van der Waals surface area contributed by atoms with Crippen molar-refractivity contribution in [3.63, 3.8) is 0 Å². The molecule has 1 saturated heterocycles. The Bertz CT molecular complexity index is 681. The number of nitrogens with zero attached hydrogens (tertiary/aromatic N) is 4. The standard InChI is InChI=1S/C17H23N5O.ClH/c1-3-21(15-6-4-5-13(2)11-15)17(23)16-12-22(20-19-16)14-7-9-18-10-8-14;/h4-6,11-12,14,18H,3,7-10H2,1-2H3;1H. The summed E-state index contributed by atoms with van der Waals surface area (Å²) in [6.07, 6.45) is 3.83. The van der Waals surface area contributed by atoms with Gasteiger partial charge in [0.15, 0.2) is 5.69 Å². The Labute approximate surface area is 148 Å². The number of anilines is 1. The van der Waals surface area contributed by atoms with Crippen LogP contribution in [-0.2, 0) is 0 Å². The van der Waals surface area contributed by atoms with E-state index in [1.807, 2.05) is 42.8 Å². The van der Waals surface area contributed by atoms with E-state index in [9.17, 15) is 4.79 Å². The molecule has 6 nitrogen and oxygen atoms in total. The quantitative estimate of drug-likeness (QED) is 0.921. The Balaban J connectivity index is 0.00000208. The number of benzene rings is 1. The van der Waals surface area contributed by atoms with E-state index in [-0.39, 0.29) is 18.3 Å². The van der Waals surface area contributed by atoms with Crippen molar-refractivity contribution in [1.29, 1.82) is 0 Å². The summed E-state index contributed by atoms with van der Waals surface area (Å²) in [6, 6.07) is 8.28. The van der Waals surface area contributed by atoms with Gasteiger partial charge in [0.25, 0.3) is 5.91 Å². The number of amides is 1. The summed E-state index contributed by atoms with van der Waals surface area (Å²) in [4.78, 5) is 14.5. The molecule has 1 aromatic carbocycles. The first-order valence-corrected chi connectivity index (χ1v) is 8.20. The lowest BCUT2D eigenvalue weighted by Gasteiger charge is -2.22. The maximum atomic E-state index is 12.8. The van der Waals surface area contributed by atoms with Crippen LogP contribution in [0.2, 0.25) is 0 Å². The molecule has 1 aliphatic rings. The number of hydrogen-bond acceptors (Lipinski definition) is 4. The van der Waals surface area contributed by atoms with Gasteiger partial charge in [0.05, 0.1) is 12.2 Å². The smallest absolute Gasteiger partial charge is 0.280 e. The molecule has 1 N–H and O–H groups in total. The number of carbonyl (C=O) groups excluding carboxylic acids is 1. The van der Waals surface area contributed by atoms with Gasteiger partial charge in [0.2, 0.25) is 0 Å². The van der Waals surface area contributed by atoms with Gasteiger partial charge in [-0.25, -0.2) is 4.68 Å². The van der Waals surface area contributed by atoms with Crippen LogP contribution in [0.25, 0.3) is 0 Å². The molecule has 1 amide bonds. The third-order valence-corrected chi connectivity index (χ3v) is 4.29. The Hall–Kier alpha value is -1.92. The van der Waals surface area contributed by atoms with Crippen LogP contribution in [0.1, 0.15) is 41.9 Å². The van der Waals surface area contributed by atoms with Crippen molar-refractivity contribution in [2.24, 2.45) is 0 Å². The average molecular weight is 350 g/mol. The number of piperidine rings is 1. The summed E-state index contributed by atoms with van der Waals surface area (Å²) in [5.74, 6) is -0.0988. The molecule has 0 saturated carbocycles. The highest BCUT2D eigenvalue weighted by Gasteiger charge is 2.22. The molecule has 0 atom stereocenters. The first-order chi connectivity index (χ1) is 11.2. The van der Waals surface area contributed by atoms with Gasteiger partial charge in [-0.05, 0) is 57.5 Å². The molecular formula is C17H24ClN5O. The first kappa shape index (κ1) is 18.4. The fourth-order valence-corrected chi connectivity index (χ4v) is 3.00. The van der Waals surface area contributed by atoms with E-state index < -0.39 is 0 Å². The van der Waals surface area contributed by atoms with Crippen LogP contribution < -0.4 is 10.2 Å². The van der Waals surface area contributed by atoms with Crippen molar-refractivity contribution < 1.29 is 4.79 Å². The van der Waals surface area contributed by atoms with E-state index >= 15 is 0 Å². The minimum Gasteiger partial charge on any atom is -0.317 e. The van der Waals surface area contributed by atoms with Crippen LogP contribution in [0.15, 0.2) is 30.5 Å². The average Bonchev–Trinajstić information content (AvgIpc) is 3.06. The number of hydrogen-bond donors (Lipinski definition) is 1. The number of halogens is 1. The molecule has 3 rings (SSSR count). The number of aryl methyl sites for hydroxylation is 1. The molecule has 1 aromatic heterocycles. The summed E-state index contributed by atoms with van der Waals surface area (Å²) in [6.45, 7) is 6.56. The van der Waals surface area contributed by atoms with Crippen molar-refractivity contribution in [2.75, 3.05) is 24.5 Å². The van der Waals surface area contributed by atoms with Crippen LogP contribution in [0, 0.1) is 6.92 Å². The lowest BCUT2D eigenvalue weighted by Crippen LogP contribution is -2.31. The van der Waals surface area contributed by atoms with E-state index in [0.717, 1.165) is 37.2 Å². The zero-order valence-corrected chi connectivity index (χ0v) is 14.9. The SMILES string of the molecule is CCN(C(=O)c1cn(C2CCNCC2)nn1)c1cccc(C)c1.Cl.